The normalized spacial score (nSPS) is 21.1. The number of nitrogens with one attached hydrogen (secondary N) is 1. The summed E-state index contributed by atoms with van der Waals surface area (Å²) in [5.74, 6) is 1.65. The Balaban J connectivity index is 1.47. The largest absolute Gasteiger partial charge is 0.341 e. The van der Waals surface area contributed by atoms with Gasteiger partial charge in [-0.05, 0) is 24.3 Å². The van der Waals surface area contributed by atoms with Crippen LogP contribution in [0.1, 0.15) is 20.3 Å². The van der Waals surface area contributed by atoms with Crippen molar-refractivity contribution < 1.29 is 4.79 Å². The van der Waals surface area contributed by atoms with Crippen molar-refractivity contribution in [1.29, 1.82) is 0 Å². The molecule has 1 fully saturated rings. The van der Waals surface area contributed by atoms with E-state index < -0.39 is 0 Å². The number of thioether (sulfide) groups is 1. The number of piperidine rings is 1. The van der Waals surface area contributed by atoms with Crippen LogP contribution in [0.3, 0.4) is 0 Å². The minimum absolute atomic E-state index is 0.156. The van der Waals surface area contributed by atoms with Crippen LogP contribution in [0.25, 0.3) is 22.1 Å². The summed E-state index contributed by atoms with van der Waals surface area (Å²) >= 11 is 1.35. The van der Waals surface area contributed by atoms with E-state index in [9.17, 15) is 4.79 Å². The molecule has 4 rings (SSSR count). The first-order valence-corrected chi connectivity index (χ1v) is 9.60. The van der Waals surface area contributed by atoms with Crippen LogP contribution < -0.4 is 0 Å². The first kappa shape index (κ1) is 16.3. The van der Waals surface area contributed by atoms with E-state index in [1.807, 2.05) is 29.2 Å². The number of hydrogen-bond acceptors (Lipinski definition) is 5. The van der Waals surface area contributed by atoms with Gasteiger partial charge in [0.05, 0.1) is 5.75 Å². The number of H-pyrrole nitrogens is 1. The third kappa shape index (κ3) is 3.33. The summed E-state index contributed by atoms with van der Waals surface area (Å²) in [7, 11) is 0. The van der Waals surface area contributed by atoms with E-state index >= 15 is 0 Å². The van der Waals surface area contributed by atoms with E-state index in [0.29, 0.717) is 28.4 Å². The molecule has 3 aromatic rings. The SMILES string of the molecule is C[C@H]1C[C@H](C)CN(C(=O)CSc2nnc3c(n2)[nH]c2ccccc23)C1. The number of hydrogen-bond donors (Lipinski definition) is 1. The lowest BCUT2D eigenvalue weighted by molar-refractivity contribution is -0.130. The van der Waals surface area contributed by atoms with Gasteiger partial charge < -0.3 is 9.88 Å². The highest BCUT2D eigenvalue weighted by Gasteiger charge is 2.25. The number of amides is 1. The third-order valence-corrected chi connectivity index (χ3v) is 5.47. The number of fused-ring (bicyclic) bond motifs is 3. The molecule has 1 aliphatic rings. The van der Waals surface area contributed by atoms with E-state index in [1.54, 1.807) is 0 Å². The van der Waals surface area contributed by atoms with Crippen molar-refractivity contribution >= 4 is 39.7 Å². The van der Waals surface area contributed by atoms with E-state index in [1.165, 1.54) is 18.2 Å². The lowest BCUT2D eigenvalue weighted by Gasteiger charge is -2.34. The van der Waals surface area contributed by atoms with E-state index in [4.69, 9.17) is 0 Å². The number of aromatic amines is 1. The average Bonchev–Trinajstić information content (AvgIpc) is 2.96. The van der Waals surface area contributed by atoms with Crippen LogP contribution in [-0.4, -0.2) is 49.8 Å². The zero-order valence-corrected chi connectivity index (χ0v) is 15.2. The smallest absolute Gasteiger partial charge is 0.233 e. The van der Waals surface area contributed by atoms with Gasteiger partial charge in [0.15, 0.2) is 5.65 Å². The van der Waals surface area contributed by atoms with Crippen LogP contribution in [0.4, 0.5) is 0 Å². The second kappa shape index (κ2) is 6.63. The summed E-state index contributed by atoms with van der Waals surface area (Å²) < 4.78 is 0. The van der Waals surface area contributed by atoms with Crippen LogP contribution >= 0.6 is 11.8 Å². The van der Waals surface area contributed by atoms with Crippen molar-refractivity contribution in [1.82, 2.24) is 25.1 Å². The number of carbonyl (C=O) groups is 1. The molecule has 0 spiro atoms. The highest BCUT2D eigenvalue weighted by atomic mass is 32.2. The Hall–Kier alpha value is -2.15. The van der Waals surface area contributed by atoms with Crippen molar-refractivity contribution in [2.75, 3.05) is 18.8 Å². The van der Waals surface area contributed by atoms with Gasteiger partial charge in [-0.2, -0.15) is 0 Å². The van der Waals surface area contributed by atoms with Crippen molar-refractivity contribution in [3.63, 3.8) is 0 Å². The van der Waals surface area contributed by atoms with Crippen molar-refractivity contribution in [2.24, 2.45) is 11.8 Å². The molecule has 0 radical (unpaired) electrons. The fraction of sp³-hybridized carbons (Fsp3) is 0.444. The standard InChI is InChI=1S/C18H21N5OS/c1-11-7-12(2)9-23(8-11)15(24)10-25-18-20-17-16(21-22-18)13-5-3-4-6-14(13)19-17/h3-6,11-12H,7-10H2,1-2H3,(H,19,20,22)/t11-,12-/m0/s1. The fourth-order valence-corrected chi connectivity index (χ4v) is 4.34. The Kier molecular flexibility index (Phi) is 4.33. The molecule has 0 unspecified atom stereocenters. The van der Waals surface area contributed by atoms with Crippen LogP contribution in [0.15, 0.2) is 29.4 Å². The molecule has 25 heavy (non-hydrogen) atoms. The molecule has 6 nitrogen and oxygen atoms in total. The van der Waals surface area contributed by atoms with Gasteiger partial charge in [0.1, 0.15) is 5.52 Å². The molecule has 130 valence electrons. The number of para-hydroxylation sites is 1. The number of nitrogens with zero attached hydrogens (tertiary/aromatic N) is 4. The number of benzene rings is 1. The lowest BCUT2D eigenvalue weighted by Crippen LogP contribution is -2.43. The minimum atomic E-state index is 0.156. The highest BCUT2D eigenvalue weighted by molar-refractivity contribution is 7.99. The monoisotopic (exact) mass is 355 g/mol. The number of rotatable bonds is 3. The summed E-state index contributed by atoms with van der Waals surface area (Å²) in [6.07, 6.45) is 1.20. The summed E-state index contributed by atoms with van der Waals surface area (Å²) in [6.45, 7) is 6.12. The second-order valence-electron chi connectivity index (χ2n) is 7.00. The molecule has 1 saturated heterocycles. The topological polar surface area (TPSA) is 74.8 Å². The Bertz CT molecular complexity index is 914. The predicted molar refractivity (Wildman–Crippen MR) is 99.4 cm³/mol. The van der Waals surface area contributed by atoms with Crippen LogP contribution in [-0.2, 0) is 4.79 Å². The summed E-state index contributed by atoms with van der Waals surface area (Å²) in [6, 6.07) is 7.94. The summed E-state index contributed by atoms with van der Waals surface area (Å²) in [5, 5.41) is 10.0. The first-order valence-electron chi connectivity index (χ1n) is 8.62. The van der Waals surface area contributed by atoms with Crippen LogP contribution in [0, 0.1) is 11.8 Å². The first-order chi connectivity index (χ1) is 12.1. The van der Waals surface area contributed by atoms with Crippen molar-refractivity contribution in [3.8, 4) is 0 Å². The van der Waals surface area contributed by atoms with Gasteiger partial charge in [0.25, 0.3) is 0 Å². The van der Waals surface area contributed by atoms with Gasteiger partial charge in [-0.1, -0.05) is 43.8 Å². The summed E-state index contributed by atoms with van der Waals surface area (Å²) in [4.78, 5) is 22.2. The van der Waals surface area contributed by atoms with Gasteiger partial charge in [-0.25, -0.2) is 4.98 Å². The summed E-state index contributed by atoms with van der Waals surface area (Å²) in [5.41, 5.74) is 2.48. The Labute approximate surface area is 150 Å². The maximum Gasteiger partial charge on any atom is 0.233 e. The van der Waals surface area contributed by atoms with Gasteiger partial charge in [-0.15, -0.1) is 10.2 Å². The molecule has 2 atom stereocenters. The molecule has 1 aliphatic heterocycles. The molecular weight excluding hydrogens is 334 g/mol. The van der Waals surface area contributed by atoms with Crippen molar-refractivity contribution in [3.05, 3.63) is 24.3 Å². The minimum Gasteiger partial charge on any atom is -0.341 e. The van der Waals surface area contributed by atoms with Crippen molar-refractivity contribution in [2.45, 2.75) is 25.4 Å². The molecule has 1 amide bonds. The highest BCUT2D eigenvalue weighted by Crippen LogP contribution is 2.25. The zero-order chi connectivity index (χ0) is 17.4. The molecule has 1 aromatic carbocycles. The fourth-order valence-electron chi connectivity index (χ4n) is 3.65. The molecule has 3 heterocycles. The molecule has 0 bridgehead atoms. The average molecular weight is 355 g/mol. The van der Waals surface area contributed by atoms with E-state index in [0.717, 1.165) is 29.5 Å². The Morgan fingerprint density at radius 1 is 1.24 bits per heavy atom. The van der Waals surface area contributed by atoms with Gasteiger partial charge in [-0.3, -0.25) is 4.79 Å². The number of carbonyl (C=O) groups excluding carboxylic acids is 1. The maximum absolute atomic E-state index is 12.5. The lowest BCUT2D eigenvalue weighted by atomic mass is 9.92. The second-order valence-corrected chi connectivity index (χ2v) is 7.94. The number of likely N-dealkylation sites (tertiary alicyclic amines) is 1. The molecule has 0 aliphatic carbocycles. The van der Waals surface area contributed by atoms with Crippen LogP contribution in [0.2, 0.25) is 0 Å². The zero-order valence-electron chi connectivity index (χ0n) is 14.4. The van der Waals surface area contributed by atoms with Gasteiger partial charge in [0.2, 0.25) is 11.1 Å². The van der Waals surface area contributed by atoms with Crippen LogP contribution in [0.5, 0.6) is 0 Å². The molecule has 2 aromatic heterocycles. The molecule has 0 saturated carbocycles. The Morgan fingerprint density at radius 2 is 2.00 bits per heavy atom. The van der Waals surface area contributed by atoms with Gasteiger partial charge in [0, 0.05) is 24.0 Å². The quantitative estimate of drug-likeness (QED) is 0.731. The molecule has 1 N–H and O–H groups in total. The molecule has 7 heteroatoms. The number of aromatic nitrogens is 4. The molecular formula is C18H21N5OS. The maximum atomic E-state index is 12.5. The third-order valence-electron chi connectivity index (χ3n) is 4.65. The van der Waals surface area contributed by atoms with Gasteiger partial charge >= 0.3 is 0 Å². The predicted octanol–water partition coefficient (Wildman–Crippen LogP) is 3.10. The van der Waals surface area contributed by atoms with E-state index in [2.05, 4.69) is 34.0 Å². The Morgan fingerprint density at radius 3 is 2.80 bits per heavy atom. The van der Waals surface area contributed by atoms with E-state index in [-0.39, 0.29) is 5.91 Å².